The lowest BCUT2D eigenvalue weighted by atomic mass is 10.00. The fourth-order valence-corrected chi connectivity index (χ4v) is 3.62. The van der Waals surface area contributed by atoms with Crippen LogP contribution in [0.3, 0.4) is 0 Å². The summed E-state index contributed by atoms with van der Waals surface area (Å²) in [5, 5.41) is 6.42. The van der Waals surface area contributed by atoms with Gasteiger partial charge < -0.3 is 24.8 Å². The number of rotatable bonds is 11. The van der Waals surface area contributed by atoms with E-state index >= 15 is 0 Å². The van der Waals surface area contributed by atoms with E-state index in [1.165, 1.54) is 44.1 Å². The zero-order valence-corrected chi connectivity index (χ0v) is 21.0. The lowest BCUT2D eigenvalue weighted by molar-refractivity contribution is -0.268. The van der Waals surface area contributed by atoms with E-state index < -0.39 is 23.0 Å². The summed E-state index contributed by atoms with van der Waals surface area (Å²) < 4.78 is 17.2. The van der Waals surface area contributed by atoms with E-state index in [0.717, 1.165) is 12.1 Å². The van der Waals surface area contributed by atoms with Gasteiger partial charge in [-0.1, -0.05) is 51.2 Å². The molecule has 1 fully saturated rings. The molecule has 182 valence electrons. The second-order valence-electron chi connectivity index (χ2n) is 10.5. The van der Waals surface area contributed by atoms with Gasteiger partial charge in [0.25, 0.3) is 0 Å². The van der Waals surface area contributed by atoms with Gasteiger partial charge in [0.2, 0.25) is 0 Å². The molecule has 0 aromatic heterocycles. The highest BCUT2D eigenvalue weighted by atomic mass is 16.7. The third-order valence-electron chi connectivity index (χ3n) is 5.56. The monoisotopic (exact) mass is 448 g/mol. The Morgan fingerprint density at radius 2 is 1.59 bits per heavy atom. The second-order valence-corrected chi connectivity index (χ2v) is 10.5. The Morgan fingerprint density at radius 1 is 1.00 bits per heavy atom. The molecule has 0 radical (unpaired) electrons. The summed E-state index contributed by atoms with van der Waals surface area (Å²) >= 11 is 0. The smallest absolute Gasteiger partial charge is 0.408 e. The number of benzene rings is 1. The first kappa shape index (κ1) is 26.5. The minimum Gasteiger partial charge on any atom is -0.444 e. The lowest BCUT2D eigenvalue weighted by Crippen LogP contribution is -2.64. The van der Waals surface area contributed by atoms with Crippen LogP contribution in [0.5, 0.6) is 0 Å². The summed E-state index contributed by atoms with van der Waals surface area (Å²) in [4.78, 5) is 12.5. The summed E-state index contributed by atoms with van der Waals surface area (Å²) in [7, 11) is 0. The third kappa shape index (κ3) is 9.78. The zero-order chi connectivity index (χ0) is 23.7. The van der Waals surface area contributed by atoms with Crippen molar-refractivity contribution in [1.82, 2.24) is 5.32 Å². The Bertz CT molecular complexity index is 685. The average Bonchev–Trinajstić information content (AvgIpc) is 2.71. The molecule has 0 bridgehead atoms. The van der Waals surface area contributed by atoms with Crippen LogP contribution in [0.2, 0.25) is 0 Å². The van der Waals surface area contributed by atoms with Crippen molar-refractivity contribution in [3.8, 4) is 0 Å². The summed E-state index contributed by atoms with van der Waals surface area (Å²) in [6.45, 7) is 12.7. The molecule has 0 spiro atoms. The van der Waals surface area contributed by atoms with Crippen molar-refractivity contribution in [1.29, 1.82) is 0 Å². The van der Waals surface area contributed by atoms with Crippen LogP contribution in [-0.4, -0.2) is 42.8 Å². The summed E-state index contributed by atoms with van der Waals surface area (Å²) in [6.07, 6.45) is 8.51. The number of aryl methyl sites for hydroxylation is 1. The van der Waals surface area contributed by atoms with Crippen molar-refractivity contribution in [2.45, 2.75) is 103 Å². The largest absolute Gasteiger partial charge is 0.444 e. The number of hydrogen-bond donors (Lipinski definition) is 2. The van der Waals surface area contributed by atoms with Crippen molar-refractivity contribution in [2.75, 3.05) is 25.1 Å². The van der Waals surface area contributed by atoms with Gasteiger partial charge >= 0.3 is 6.09 Å². The van der Waals surface area contributed by atoms with Crippen molar-refractivity contribution in [3.05, 3.63) is 29.8 Å². The molecular formula is C26H44N2O4. The predicted octanol–water partition coefficient (Wildman–Crippen LogP) is 6.05. The lowest BCUT2D eigenvalue weighted by Gasteiger charge is -2.44. The van der Waals surface area contributed by atoms with E-state index in [-0.39, 0.29) is 0 Å². The molecule has 1 aliphatic rings. The van der Waals surface area contributed by atoms with Gasteiger partial charge in [-0.15, -0.1) is 0 Å². The maximum absolute atomic E-state index is 12.5. The Labute approximate surface area is 194 Å². The molecule has 1 heterocycles. The summed E-state index contributed by atoms with van der Waals surface area (Å²) in [6, 6.07) is 8.56. The number of carbonyl (C=O) groups excluding carboxylic acids is 1. The number of alkyl carbamates (subject to hydrolysis) is 1. The van der Waals surface area contributed by atoms with E-state index in [0.29, 0.717) is 19.8 Å². The van der Waals surface area contributed by atoms with Gasteiger partial charge in [0.15, 0.2) is 5.79 Å². The molecule has 1 amide bonds. The Morgan fingerprint density at radius 3 is 2.19 bits per heavy atom. The molecule has 1 aliphatic heterocycles. The molecule has 1 aromatic carbocycles. The zero-order valence-electron chi connectivity index (χ0n) is 21.0. The van der Waals surface area contributed by atoms with Crippen molar-refractivity contribution in [3.63, 3.8) is 0 Å². The highest BCUT2D eigenvalue weighted by Gasteiger charge is 2.42. The maximum Gasteiger partial charge on any atom is 0.408 e. The van der Waals surface area contributed by atoms with Crippen LogP contribution in [-0.2, 0) is 20.6 Å². The highest BCUT2D eigenvalue weighted by molar-refractivity contribution is 5.69. The van der Waals surface area contributed by atoms with Crippen molar-refractivity contribution >= 4 is 11.8 Å². The minimum atomic E-state index is -0.713. The predicted molar refractivity (Wildman–Crippen MR) is 130 cm³/mol. The van der Waals surface area contributed by atoms with E-state index in [2.05, 4.69) is 41.8 Å². The van der Waals surface area contributed by atoms with Crippen LogP contribution >= 0.6 is 0 Å². The molecule has 0 saturated carbocycles. The number of carbonyl (C=O) groups is 1. The molecule has 2 rings (SSSR count). The normalized spacial score (nSPS) is 17.6. The Hall–Kier alpha value is -1.79. The van der Waals surface area contributed by atoms with Gasteiger partial charge in [0.1, 0.15) is 11.1 Å². The van der Waals surface area contributed by atoms with Gasteiger partial charge in [-0.05, 0) is 65.2 Å². The molecule has 6 nitrogen and oxygen atoms in total. The van der Waals surface area contributed by atoms with Crippen LogP contribution in [0.15, 0.2) is 24.3 Å². The maximum atomic E-state index is 12.5. The molecule has 0 unspecified atom stereocenters. The Kier molecular flexibility index (Phi) is 9.83. The van der Waals surface area contributed by atoms with Crippen LogP contribution in [0, 0.1) is 0 Å². The average molecular weight is 449 g/mol. The molecule has 0 aliphatic carbocycles. The number of hydrogen-bond acceptors (Lipinski definition) is 5. The number of amides is 1. The first-order valence-corrected chi connectivity index (χ1v) is 12.1. The molecule has 0 atom stereocenters. The van der Waals surface area contributed by atoms with Crippen LogP contribution in [0.4, 0.5) is 10.5 Å². The standard InChI is InChI=1S/C26H44N2O4/c1-7-8-9-10-11-12-13-21-14-16-22(17-15-21)27-18-26(19-30-25(5,6)31-20-26)28-23(29)32-24(2,3)4/h14-17,27H,7-13,18-20H2,1-6H3,(H,28,29). The first-order valence-electron chi connectivity index (χ1n) is 12.1. The molecular weight excluding hydrogens is 404 g/mol. The summed E-state index contributed by atoms with van der Waals surface area (Å²) in [5.41, 5.74) is 1.08. The number of ether oxygens (including phenoxy) is 3. The fraction of sp³-hybridized carbons (Fsp3) is 0.731. The SMILES string of the molecule is CCCCCCCCc1ccc(NCC2(NC(=O)OC(C)(C)C)COC(C)(C)OC2)cc1. The third-order valence-corrected chi connectivity index (χ3v) is 5.56. The van der Waals surface area contributed by atoms with E-state index in [1.54, 1.807) is 0 Å². The summed E-state index contributed by atoms with van der Waals surface area (Å²) in [5.74, 6) is -0.669. The van der Waals surface area contributed by atoms with Gasteiger partial charge in [-0.3, -0.25) is 0 Å². The Balaban J connectivity index is 1.89. The second kappa shape index (κ2) is 11.9. The van der Waals surface area contributed by atoms with Gasteiger partial charge in [0.05, 0.1) is 13.2 Å². The van der Waals surface area contributed by atoms with Crippen molar-refractivity contribution < 1.29 is 19.0 Å². The van der Waals surface area contributed by atoms with E-state index in [1.807, 2.05) is 34.6 Å². The molecule has 1 aromatic rings. The van der Waals surface area contributed by atoms with Crippen molar-refractivity contribution in [2.24, 2.45) is 0 Å². The van der Waals surface area contributed by atoms with Gasteiger partial charge in [-0.25, -0.2) is 4.79 Å². The number of nitrogens with one attached hydrogen (secondary N) is 2. The van der Waals surface area contributed by atoms with Crippen LogP contribution in [0.25, 0.3) is 0 Å². The minimum absolute atomic E-state index is 0.336. The number of anilines is 1. The molecule has 2 N–H and O–H groups in total. The van der Waals surface area contributed by atoms with E-state index in [4.69, 9.17) is 14.2 Å². The van der Waals surface area contributed by atoms with Crippen LogP contribution < -0.4 is 10.6 Å². The first-order chi connectivity index (χ1) is 15.0. The van der Waals surface area contributed by atoms with Gasteiger partial charge in [0, 0.05) is 12.2 Å². The molecule has 32 heavy (non-hydrogen) atoms. The van der Waals surface area contributed by atoms with E-state index in [9.17, 15) is 4.79 Å². The topological polar surface area (TPSA) is 68.8 Å². The highest BCUT2D eigenvalue weighted by Crippen LogP contribution is 2.25. The fourth-order valence-electron chi connectivity index (χ4n) is 3.62. The van der Waals surface area contributed by atoms with Gasteiger partial charge in [-0.2, -0.15) is 0 Å². The quantitative estimate of drug-likeness (QED) is 0.403. The number of unbranched alkanes of at least 4 members (excludes halogenated alkanes) is 5. The van der Waals surface area contributed by atoms with Crippen LogP contribution in [0.1, 0.15) is 85.6 Å². The molecule has 1 saturated heterocycles. The molecule has 6 heteroatoms.